The highest BCUT2D eigenvalue weighted by atomic mass is 35.5. The van der Waals surface area contributed by atoms with Crippen LogP contribution in [0, 0.1) is 5.82 Å². The van der Waals surface area contributed by atoms with Crippen LogP contribution in [0.4, 0.5) is 4.39 Å². The summed E-state index contributed by atoms with van der Waals surface area (Å²) >= 11 is 11.1. The molecule has 2 nitrogen and oxygen atoms in total. The highest BCUT2D eigenvalue weighted by Crippen LogP contribution is 2.25. The monoisotopic (exact) mass is 234 g/mol. The fourth-order valence-electron chi connectivity index (χ4n) is 0.827. The zero-order valence-corrected chi connectivity index (χ0v) is 8.31. The van der Waals surface area contributed by atoms with E-state index in [4.69, 9.17) is 28.3 Å². The fourth-order valence-corrected chi connectivity index (χ4v) is 1.27. The normalized spacial score (nSPS) is 10.8. The molecule has 0 aliphatic rings. The van der Waals surface area contributed by atoms with Gasteiger partial charge in [0.05, 0.1) is 5.02 Å². The van der Waals surface area contributed by atoms with E-state index in [9.17, 15) is 9.18 Å². The van der Waals surface area contributed by atoms with E-state index in [0.29, 0.717) is 0 Å². The molecule has 0 aliphatic heterocycles. The molecule has 0 unspecified atom stereocenters. The lowest BCUT2D eigenvalue weighted by Gasteiger charge is -1.99. The van der Waals surface area contributed by atoms with Crippen molar-refractivity contribution in [3.63, 3.8) is 0 Å². The summed E-state index contributed by atoms with van der Waals surface area (Å²) < 4.78 is 12.9. The molecule has 74 valence electrons. The van der Waals surface area contributed by atoms with E-state index < -0.39 is 11.8 Å². The van der Waals surface area contributed by atoms with Crippen LogP contribution in [0.25, 0.3) is 6.08 Å². The maximum absolute atomic E-state index is 12.9. The van der Waals surface area contributed by atoms with Crippen molar-refractivity contribution in [2.75, 3.05) is 0 Å². The van der Waals surface area contributed by atoms with E-state index in [1.807, 2.05) is 0 Å². The second kappa shape index (κ2) is 4.44. The van der Waals surface area contributed by atoms with Gasteiger partial charge < -0.3 is 5.11 Å². The highest BCUT2D eigenvalue weighted by molar-refractivity contribution is 6.35. The summed E-state index contributed by atoms with van der Waals surface area (Å²) in [5, 5.41) is 8.45. The number of halogens is 3. The third kappa shape index (κ3) is 2.72. The number of carboxylic acids is 1. The SMILES string of the molecule is O=C(O)C=Cc1cc(F)c(Cl)cc1Cl. The maximum atomic E-state index is 12.9. The summed E-state index contributed by atoms with van der Waals surface area (Å²) in [7, 11) is 0. The quantitative estimate of drug-likeness (QED) is 0.631. The number of rotatable bonds is 2. The summed E-state index contributed by atoms with van der Waals surface area (Å²) in [5.41, 5.74) is 0.274. The first-order valence-electron chi connectivity index (χ1n) is 3.56. The van der Waals surface area contributed by atoms with Gasteiger partial charge in [-0.05, 0) is 23.8 Å². The zero-order chi connectivity index (χ0) is 10.7. The van der Waals surface area contributed by atoms with Crippen LogP contribution >= 0.6 is 23.2 Å². The molecule has 5 heteroatoms. The first-order valence-corrected chi connectivity index (χ1v) is 4.32. The largest absolute Gasteiger partial charge is 0.478 e. The third-order valence-corrected chi connectivity index (χ3v) is 2.06. The van der Waals surface area contributed by atoms with Gasteiger partial charge in [-0.2, -0.15) is 0 Å². The fraction of sp³-hybridized carbons (Fsp3) is 0. The summed E-state index contributed by atoms with van der Waals surface area (Å²) in [4.78, 5) is 10.2. The van der Waals surface area contributed by atoms with Crippen LogP contribution in [0.2, 0.25) is 10.0 Å². The van der Waals surface area contributed by atoms with Gasteiger partial charge in [0.15, 0.2) is 0 Å². The van der Waals surface area contributed by atoms with Crippen LogP contribution in [0.15, 0.2) is 18.2 Å². The number of benzene rings is 1. The molecular formula is C9H5Cl2FO2. The molecule has 0 aromatic heterocycles. The number of aliphatic carboxylic acids is 1. The zero-order valence-electron chi connectivity index (χ0n) is 6.80. The van der Waals surface area contributed by atoms with Gasteiger partial charge in [-0.25, -0.2) is 9.18 Å². The molecule has 0 amide bonds. The molecule has 0 heterocycles. The molecule has 0 saturated heterocycles. The lowest BCUT2D eigenvalue weighted by atomic mass is 10.2. The minimum absolute atomic E-state index is 0.0949. The van der Waals surface area contributed by atoms with Gasteiger partial charge in [0.1, 0.15) is 5.82 Å². The minimum atomic E-state index is -1.13. The predicted octanol–water partition coefficient (Wildman–Crippen LogP) is 3.23. The van der Waals surface area contributed by atoms with Crippen LogP contribution in [-0.2, 0) is 4.79 Å². The van der Waals surface area contributed by atoms with Crippen LogP contribution in [-0.4, -0.2) is 11.1 Å². The van der Waals surface area contributed by atoms with Crippen molar-refractivity contribution in [2.24, 2.45) is 0 Å². The topological polar surface area (TPSA) is 37.3 Å². The van der Waals surface area contributed by atoms with E-state index in [1.165, 1.54) is 12.1 Å². The molecular weight excluding hydrogens is 230 g/mol. The molecule has 1 aromatic rings. The Morgan fingerprint density at radius 3 is 2.57 bits per heavy atom. The predicted molar refractivity (Wildman–Crippen MR) is 53.1 cm³/mol. The molecule has 0 fully saturated rings. The Kier molecular flexibility index (Phi) is 3.49. The average Bonchev–Trinajstić information content (AvgIpc) is 2.09. The summed E-state index contributed by atoms with van der Waals surface area (Å²) in [5.74, 6) is -1.77. The van der Waals surface area contributed by atoms with Gasteiger partial charge in [-0.15, -0.1) is 0 Å². The lowest BCUT2D eigenvalue weighted by Crippen LogP contribution is -1.87. The van der Waals surface area contributed by atoms with Crippen LogP contribution < -0.4 is 0 Å². The molecule has 0 radical (unpaired) electrons. The Bertz CT molecular complexity index is 402. The molecule has 1 aromatic carbocycles. The van der Waals surface area contributed by atoms with Gasteiger partial charge in [0.25, 0.3) is 0 Å². The summed E-state index contributed by atoms with van der Waals surface area (Å²) in [6.45, 7) is 0. The van der Waals surface area contributed by atoms with Crippen molar-refractivity contribution in [2.45, 2.75) is 0 Å². The Hall–Kier alpha value is -1.06. The Morgan fingerprint density at radius 2 is 2.00 bits per heavy atom. The summed E-state index contributed by atoms with van der Waals surface area (Å²) in [6, 6.07) is 2.30. The standard InChI is InChI=1S/C9H5Cl2FO2/c10-6-4-7(11)8(12)3-5(6)1-2-9(13)14/h1-4H,(H,13,14). The Morgan fingerprint density at radius 1 is 1.36 bits per heavy atom. The van der Waals surface area contributed by atoms with Crippen molar-refractivity contribution in [1.29, 1.82) is 0 Å². The van der Waals surface area contributed by atoms with Crippen molar-refractivity contribution >= 4 is 35.2 Å². The van der Waals surface area contributed by atoms with Crippen LogP contribution in [0.3, 0.4) is 0 Å². The second-order valence-corrected chi connectivity index (χ2v) is 3.27. The van der Waals surface area contributed by atoms with E-state index in [-0.39, 0.29) is 15.6 Å². The molecule has 14 heavy (non-hydrogen) atoms. The molecule has 0 saturated carbocycles. The third-order valence-electron chi connectivity index (χ3n) is 1.45. The maximum Gasteiger partial charge on any atom is 0.328 e. The van der Waals surface area contributed by atoms with Gasteiger partial charge in [-0.3, -0.25) is 0 Å². The number of carbonyl (C=O) groups is 1. The van der Waals surface area contributed by atoms with E-state index in [2.05, 4.69) is 0 Å². The first-order chi connectivity index (χ1) is 6.50. The van der Waals surface area contributed by atoms with Crippen molar-refractivity contribution in [3.05, 3.63) is 39.6 Å². The van der Waals surface area contributed by atoms with E-state index in [0.717, 1.165) is 12.1 Å². The van der Waals surface area contributed by atoms with Gasteiger partial charge in [-0.1, -0.05) is 23.2 Å². The molecule has 1 N–H and O–H groups in total. The van der Waals surface area contributed by atoms with Gasteiger partial charge >= 0.3 is 5.97 Å². The second-order valence-electron chi connectivity index (χ2n) is 2.46. The number of carboxylic acid groups (broad SMARTS) is 1. The highest BCUT2D eigenvalue weighted by Gasteiger charge is 2.04. The van der Waals surface area contributed by atoms with Crippen LogP contribution in [0.5, 0.6) is 0 Å². The summed E-state index contributed by atoms with van der Waals surface area (Å²) in [6.07, 6.45) is 2.07. The van der Waals surface area contributed by atoms with E-state index in [1.54, 1.807) is 0 Å². The average molecular weight is 235 g/mol. The molecule has 1 rings (SSSR count). The number of hydrogen-bond acceptors (Lipinski definition) is 1. The van der Waals surface area contributed by atoms with Crippen molar-refractivity contribution in [1.82, 2.24) is 0 Å². The van der Waals surface area contributed by atoms with Crippen molar-refractivity contribution in [3.8, 4) is 0 Å². The van der Waals surface area contributed by atoms with E-state index >= 15 is 0 Å². The molecule has 0 spiro atoms. The first kappa shape index (κ1) is 11.0. The molecule has 0 aliphatic carbocycles. The molecule has 0 atom stereocenters. The minimum Gasteiger partial charge on any atom is -0.478 e. The molecule has 0 bridgehead atoms. The smallest absolute Gasteiger partial charge is 0.328 e. The van der Waals surface area contributed by atoms with Gasteiger partial charge in [0, 0.05) is 11.1 Å². The van der Waals surface area contributed by atoms with Gasteiger partial charge in [0.2, 0.25) is 0 Å². The Balaban J connectivity index is 3.10. The Labute approximate surface area is 89.6 Å². The van der Waals surface area contributed by atoms with Crippen LogP contribution in [0.1, 0.15) is 5.56 Å². The lowest BCUT2D eigenvalue weighted by molar-refractivity contribution is -0.131. The van der Waals surface area contributed by atoms with Crippen molar-refractivity contribution < 1.29 is 14.3 Å². The number of hydrogen-bond donors (Lipinski definition) is 1.